The molecule has 3 aromatic rings. The van der Waals surface area contributed by atoms with Crippen molar-refractivity contribution in [3.8, 4) is 11.3 Å². The first-order chi connectivity index (χ1) is 14.1. The number of rotatable bonds is 5. The van der Waals surface area contributed by atoms with E-state index in [2.05, 4.69) is 28.9 Å². The van der Waals surface area contributed by atoms with Crippen LogP contribution in [-0.2, 0) is 11.2 Å². The monoisotopic (exact) mass is 393 g/mol. The number of hydrogen-bond acceptors (Lipinski definition) is 4. The molecule has 1 aliphatic heterocycles. The number of para-hydroxylation sites is 1. The van der Waals surface area contributed by atoms with Gasteiger partial charge < -0.3 is 14.2 Å². The summed E-state index contributed by atoms with van der Waals surface area (Å²) in [5.41, 5.74) is 2.87. The summed E-state index contributed by atoms with van der Waals surface area (Å²) in [6, 6.07) is 14.7. The molecule has 0 unspecified atom stereocenters. The summed E-state index contributed by atoms with van der Waals surface area (Å²) in [6.07, 6.45) is 2.26. The number of carbonyl (C=O) groups excluding carboxylic acids is 1. The van der Waals surface area contributed by atoms with E-state index in [4.69, 9.17) is 4.42 Å². The van der Waals surface area contributed by atoms with Gasteiger partial charge in [0, 0.05) is 44.7 Å². The standard InChI is InChI=1S/C23H24FN3O2/c1-17-6-2-5-9-20(17)26-12-14-27(15-13-26)23(28)11-10-22-25-16-21(29-22)18-7-3-4-8-19(18)24/h2-9,16H,10-15H2,1H3. The van der Waals surface area contributed by atoms with Gasteiger partial charge in [-0.15, -0.1) is 0 Å². The second kappa shape index (κ2) is 8.47. The summed E-state index contributed by atoms with van der Waals surface area (Å²) in [4.78, 5) is 21.0. The number of carbonyl (C=O) groups is 1. The summed E-state index contributed by atoms with van der Waals surface area (Å²) < 4.78 is 19.5. The molecule has 1 fully saturated rings. The van der Waals surface area contributed by atoms with Crippen molar-refractivity contribution in [2.75, 3.05) is 31.1 Å². The highest BCUT2D eigenvalue weighted by Gasteiger charge is 2.22. The highest BCUT2D eigenvalue weighted by Crippen LogP contribution is 2.24. The average molecular weight is 393 g/mol. The molecule has 2 heterocycles. The van der Waals surface area contributed by atoms with Crippen LogP contribution >= 0.6 is 0 Å². The molecule has 4 rings (SSSR count). The van der Waals surface area contributed by atoms with E-state index in [-0.39, 0.29) is 11.7 Å². The summed E-state index contributed by atoms with van der Waals surface area (Å²) in [5, 5.41) is 0. The Bertz CT molecular complexity index is 993. The van der Waals surface area contributed by atoms with E-state index in [1.165, 1.54) is 23.5 Å². The van der Waals surface area contributed by atoms with Gasteiger partial charge in [-0.1, -0.05) is 30.3 Å². The van der Waals surface area contributed by atoms with Crippen LogP contribution < -0.4 is 4.90 Å². The lowest BCUT2D eigenvalue weighted by molar-refractivity contribution is -0.131. The first-order valence-corrected chi connectivity index (χ1v) is 9.90. The Balaban J connectivity index is 1.30. The molecule has 1 saturated heterocycles. The van der Waals surface area contributed by atoms with Gasteiger partial charge in [0.2, 0.25) is 5.91 Å². The normalized spacial score (nSPS) is 14.3. The van der Waals surface area contributed by atoms with Crippen molar-refractivity contribution in [3.63, 3.8) is 0 Å². The van der Waals surface area contributed by atoms with Crippen molar-refractivity contribution >= 4 is 11.6 Å². The predicted molar refractivity (Wildman–Crippen MR) is 110 cm³/mol. The SMILES string of the molecule is Cc1ccccc1N1CCN(C(=O)CCc2ncc(-c3ccccc3F)o2)CC1. The number of nitrogens with zero attached hydrogens (tertiary/aromatic N) is 3. The molecule has 0 aliphatic carbocycles. The maximum Gasteiger partial charge on any atom is 0.223 e. The largest absolute Gasteiger partial charge is 0.441 e. The van der Waals surface area contributed by atoms with Crippen LogP contribution in [0.25, 0.3) is 11.3 Å². The van der Waals surface area contributed by atoms with E-state index in [1.807, 2.05) is 17.0 Å². The fourth-order valence-electron chi connectivity index (χ4n) is 3.70. The van der Waals surface area contributed by atoms with E-state index < -0.39 is 0 Å². The average Bonchev–Trinajstić information content (AvgIpc) is 3.22. The third-order valence-corrected chi connectivity index (χ3v) is 5.33. The van der Waals surface area contributed by atoms with Crippen molar-refractivity contribution in [2.45, 2.75) is 19.8 Å². The molecule has 1 amide bonds. The lowest BCUT2D eigenvalue weighted by Gasteiger charge is -2.36. The van der Waals surface area contributed by atoms with Gasteiger partial charge in [-0.05, 0) is 30.7 Å². The minimum atomic E-state index is -0.349. The van der Waals surface area contributed by atoms with E-state index >= 15 is 0 Å². The van der Waals surface area contributed by atoms with Gasteiger partial charge in [0.25, 0.3) is 0 Å². The number of amides is 1. The maximum absolute atomic E-state index is 13.9. The van der Waals surface area contributed by atoms with Crippen LogP contribution in [0.5, 0.6) is 0 Å². The van der Waals surface area contributed by atoms with Gasteiger partial charge in [-0.25, -0.2) is 9.37 Å². The van der Waals surface area contributed by atoms with Crippen LogP contribution in [0.4, 0.5) is 10.1 Å². The molecule has 2 aromatic carbocycles. The number of aromatic nitrogens is 1. The number of benzene rings is 2. The Hall–Kier alpha value is -3.15. The molecular formula is C23H24FN3O2. The van der Waals surface area contributed by atoms with Crippen molar-refractivity contribution in [1.82, 2.24) is 9.88 Å². The first-order valence-electron chi connectivity index (χ1n) is 9.90. The van der Waals surface area contributed by atoms with Gasteiger partial charge >= 0.3 is 0 Å². The lowest BCUT2D eigenvalue weighted by Crippen LogP contribution is -2.49. The molecule has 0 radical (unpaired) electrons. The Morgan fingerprint density at radius 3 is 2.55 bits per heavy atom. The quantitative estimate of drug-likeness (QED) is 0.656. The van der Waals surface area contributed by atoms with E-state index in [0.29, 0.717) is 43.1 Å². The van der Waals surface area contributed by atoms with Crippen LogP contribution in [-0.4, -0.2) is 42.0 Å². The smallest absolute Gasteiger partial charge is 0.223 e. The number of hydrogen-bond donors (Lipinski definition) is 0. The van der Waals surface area contributed by atoms with Gasteiger partial charge in [0.15, 0.2) is 11.7 Å². The minimum absolute atomic E-state index is 0.0973. The Morgan fingerprint density at radius 1 is 1.07 bits per heavy atom. The fourth-order valence-corrected chi connectivity index (χ4v) is 3.70. The molecule has 6 heteroatoms. The topological polar surface area (TPSA) is 49.6 Å². The summed E-state index contributed by atoms with van der Waals surface area (Å²) in [5.74, 6) is 0.588. The van der Waals surface area contributed by atoms with Gasteiger partial charge in [-0.3, -0.25) is 4.79 Å². The molecule has 150 valence electrons. The molecule has 29 heavy (non-hydrogen) atoms. The minimum Gasteiger partial charge on any atom is -0.441 e. The predicted octanol–water partition coefficient (Wildman–Crippen LogP) is 4.07. The molecule has 0 spiro atoms. The van der Waals surface area contributed by atoms with Gasteiger partial charge in [0.05, 0.1) is 11.8 Å². The summed E-state index contributed by atoms with van der Waals surface area (Å²) in [6.45, 7) is 5.18. The van der Waals surface area contributed by atoms with E-state index in [0.717, 1.165) is 13.1 Å². The maximum atomic E-state index is 13.9. The molecule has 1 aromatic heterocycles. The second-order valence-electron chi connectivity index (χ2n) is 7.25. The van der Waals surface area contributed by atoms with Crippen LogP contribution in [0.15, 0.2) is 59.1 Å². The first kappa shape index (κ1) is 19.2. The summed E-state index contributed by atoms with van der Waals surface area (Å²) >= 11 is 0. The van der Waals surface area contributed by atoms with Gasteiger partial charge in [-0.2, -0.15) is 0 Å². The van der Waals surface area contributed by atoms with Crippen molar-refractivity contribution < 1.29 is 13.6 Å². The summed E-state index contributed by atoms with van der Waals surface area (Å²) in [7, 11) is 0. The number of oxazole rings is 1. The van der Waals surface area contributed by atoms with E-state index in [1.54, 1.807) is 18.2 Å². The zero-order valence-corrected chi connectivity index (χ0v) is 16.5. The van der Waals surface area contributed by atoms with Crippen LogP contribution in [0.2, 0.25) is 0 Å². The molecule has 1 aliphatic rings. The fraction of sp³-hybridized carbons (Fsp3) is 0.304. The Kier molecular flexibility index (Phi) is 5.60. The van der Waals surface area contributed by atoms with Crippen molar-refractivity contribution in [2.24, 2.45) is 0 Å². The zero-order chi connectivity index (χ0) is 20.2. The molecule has 0 saturated carbocycles. The zero-order valence-electron chi connectivity index (χ0n) is 16.5. The Labute approximate surface area is 169 Å². The number of piperazine rings is 1. The third kappa shape index (κ3) is 4.31. The highest BCUT2D eigenvalue weighted by molar-refractivity contribution is 5.76. The molecule has 0 N–H and O–H groups in total. The number of halogens is 1. The third-order valence-electron chi connectivity index (χ3n) is 5.33. The second-order valence-corrected chi connectivity index (χ2v) is 7.25. The van der Waals surface area contributed by atoms with E-state index in [9.17, 15) is 9.18 Å². The molecule has 0 atom stereocenters. The van der Waals surface area contributed by atoms with Crippen molar-refractivity contribution in [3.05, 3.63) is 72.0 Å². The Morgan fingerprint density at radius 2 is 1.79 bits per heavy atom. The molecule has 5 nitrogen and oxygen atoms in total. The molecule has 0 bridgehead atoms. The van der Waals surface area contributed by atoms with Crippen molar-refractivity contribution in [1.29, 1.82) is 0 Å². The van der Waals surface area contributed by atoms with Crippen LogP contribution in [0.1, 0.15) is 17.9 Å². The van der Waals surface area contributed by atoms with Crippen LogP contribution in [0, 0.1) is 12.7 Å². The highest BCUT2D eigenvalue weighted by atomic mass is 19.1. The number of anilines is 1. The van der Waals surface area contributed by atoms with Crippen LogP contribution in [0.3, 0.4) is 0 Å². The van der Waals surface area contributed by atoms with Gasteiger partial charge in [0.1, 0.15) is 5.82 Å². The lowest BCUT2D eigenvalue weighted by atomic mass is 10.1. The molecular weight excluding hydrogens is 369 g/mol. The number of aryl methyl sites for hydroxylation is 2.